The van der Waals surface area contributed by atoms with Crippen molar-refractivity contribution in [2.24, 2.45) is 5.16 Å². The average Bonchev–Trinajstić information content (AvgIpc) is 2.66. The number of nitrogens with zero attached hydrogens (tertiary/aromatic N) is 1. The number of alkyl halides is 3. The first-order chi connectivity index (χ1) is 13.6. The van der Waals surface area contributed by atoms with Gasteiger partial charge in [0.25, 0.3) is 0 Å². The highest BCUT2D eigenvalue weighted by atomic mass is 35.5. The molecule has 10 heteroatoms. The van der Waals surface area contributed by atoms with Gasteiger partial charge in [-0.05, 0) is 36.3 Å². The minimum atomic E-state index is -5.59. The molecule has 0 heterocycles. The number of anilines is 1. The average molecular weight is 447 g/mol. The highest BCUT2D eigenvalue weighted by molar-refractivity contribution is 7.93. The number of sulfonamides is 1. The fourth-order valence-electron chi connectivity index (χ4n) is 2.26. The van der Waals surface area contributed by atoms with Gasteiger partial charge in [0.1, 0.15) is 6.61 Å². The summed E-state index contributed by atoms with van der Waals surface area (Å²) in [6.07, 6.45) is 3.81. The van der Waals surface area contributed by atoms with E-state index in [0.717, 1.165) is 11.6 Å². The summed E-state index contributed by atoms with van der Waals surface area (Å²) in [5, 5.41) is 4.14. The van der Waals surface area contributed by atoms with E-state index in [1.807, 2.05) is 36.4 Å². The topological polar surface area (TPSA) is 67.8 Å². The molecule has 1 N–H and O–H groups in total. The molecule has 0 aliphatic heterocycles. The van der Waals surface area contributed by atoms with Crippen LogP contribution >= 0.6 is 11.6 Å². The van der Waals surface area contributed by atoms with Crippen LogP contribution in [-0.2, 0) is 14.9 Å². The maximum absolute atomic E-state index is 12.7. The molecule has 0 saturated carbocycles. The van der Waals surface area contributed by atoms with Crippen LogP contribution in [0.25, 0.3) is 6.08 Å². The van der Waals surface area contributed by atoms with Crippen molar-refractivity contribution in [3.63, 3.8) is 0 Å². The molecular weight excluding hydrogens is 429 g/mol. The van der Waals surface area contributed by atoms with Crippen molar-refractivity contribution in [2.45, 2.75) is 18.9 Å². The Balaban J connectivity index is 2.20. The zero-order chi connectivity index (χ0) is 21.5. The lowest BCUT2D eigenvalue weighted by molar-refractivity contribution is -0.0429. The van der Waals surface area contributed by atoms with E-state index < -0.39 is 15.5 Å². The molecule has 156 valence electrons. The van der Waals surface area contributed by atoms with Crippen LogP contribution in [-0.4, -0.2) is 26.2 Å². The molecule has 29 heavy (non-hydrogen) atoms. The van der Waals surface area contributed by atoms with Gasteiger partial charge in [0, 0.05) is 10.6 Å². The minimum absolute atomic E-state index is 0.0971. The van der Waals surface area contributed by atoms with Crippen molar-refractivity contribution >= 4 is 39.1 Å². The molecule has 5 nitrogen and oxygen atoms in total. The normalized spacial score (nSPS) is 12.9. The number of hydrogen-bond acceptors (Lipinski definition) is 4. The van der Waals surface area contributed by atoms with E-state index >= 15 is 0 Å². The first-order valence-corrected chi connectivity index (χ1v) is 10.3. The molecule has 2 rings (SSSR count). The smallest absolute Gasteiger partial charge is 0.391 e. The molecular formula is C19H18ClF3N2O3S. The van der Waals surface area contributed by atoms with Gasteiger partial charge >= 0.3 is 15.5 Å². The highest BCUT2D eigenvalue weighted by Gasteiger charge is 2.46. The summed E-state index contributed by atoms with van der Waals surface area (Å²) in [6.45, 7) is 1.81. The van der Waals surface area contributed by atoms with E-state index in [4.69, 9.17) is 16.4 Å². The van der Waals surface area contributed by atoms with Crippen LogP contribution < -0.4 is 4.72 Å². The van der Waals surface area contributed by atoms with Crippen LogP contribution in [0.15, 0.2) is 59.8 Å². The van der Waals surface area contributed by atoms with Gasteiger partial charge in [-0.15, -0.1) is 0 Å². The number of oxime groups is 1. The quantitative estimate of drug-likeness (QED) is 0.333. The summed E-state index contributed by atoms with van der Waals surface area (Å²) in [7, 11) is -5.59. The number of benzene rings is 2. The van der Waals surface area contributed by atoms with Crippen molar-refractivity contribution in [2.75, 3.05) is 11.3 Å². The van der Waals surface area contributed by atoms with Crippen molar-refractivity contribution in [3.05, 3.63) is 70.8 Å². The van der Waals surface area contributed by atoms with Gasteiger partial charge in [-0.1, -0.05) is 60.1 Å². The summed E-state index contributed by atoms with van der Waals surface area (Å²) in [5.74, 6) is 0. The SMILES string of the molecule is CCC(=NOCC=Cc1ccccc1)c1cc(Cl)ccc1NS(=O)(=O)C(F)(F)F. The largest absolute Gasteiger partial charge is 0.516 e. The molecule has 2 aromatic carbocycles. The fourth-order valence-corrected chi connectivity index (χ4v) is 3.01. The second-order valence-electron chi connectivity index (χ2n) is 5.74. The highest BCUT2D eigenvalue weighted by Crippen LogP contribution is 2.29. The van der Waals surface area contributed by atoms with E-state index in [2.05, 4.69) is 5.16 Å². The Morgan fingerprint density at radius 3 is 2.52 bits per heavy atom. The molecule has 0 bridgehead atoms. The standard InChI is InChI=1S/C19H18ClF3N2O3S/c1-2-17(24-28-12-6-9-14-7-4-3-5-8-14)16-13-15(20)10-11-18(16)25-29(26,27)19(21,22)23/h3-11,13,25H,2,12H2,1H3. The first kappa shape index (κ1) is 22.8. The van der Waals surface area contributed by atoms with Gasteiger partial charge in [0.2, 0.25) is 0 Å². The Labute approximate surface area is 171 Å². The third kappa shape index (κ3) is 6.50. The van der Waals surface area contributed by atoms with E-state index in [9.17, 15) is 21.6 Å². The maximum atomic E-state index is 12.7. The Hall–Kier alpha value is -2.52. The van der Waals surface area contributed by atoms with Crippen LogP contribution in [0.2, 0.25) is 5.02 Å². The maximum Gasteiger partial charge on any atom is 0.516 e. The Bertz CT molecular complexity index is 992. The van der Waals surface area contributed by atoms with Crippen LogP contribution in [0.5, 0.6) is 0 Å². The summed E-state index contributed by atoms with van der Waals surface area (Å²) < 4.78 is 62.5. The number of rotatable bonds is 8. The zero-order valence-corrected chi connectivity index (χ0v) is 16.9. The van der Waals surface area contributed by atoms with Gasteiger partial charge < -0.3 is 4.84 Å². The van der Waals surface area contributed by atoms with Crippen molar-refractivity contribution in [3.8, 4) is 0 Å². The van der Waals surface area contributed by atoms with Gasteiger partial charge in [-0.3, -0.25) is 4.72 Å². The van der Waals surface area contributed by atoms with E-state index in [1.165, 1.54) is 16.9 Å². The number of nitrogens with one attached hydrogen (secondary N) is 1. The van der Waals surface area contributed by atoms with Crippen molar-refractivity contribution in [1.82, 2.24) is 0 Å². The van der Waals surface area contributed by atoms with Crippen LogP contribution in [0.1, 0.15) is 24.5 Å². The third-order valence-corrected chi connectivity index (χ3v) is 4.96. The molecule has 0 atom stereocenters. The fraction of sp³-hybridized carbons (Fsp3) is 0.211. The van der Waals surface area contributed by atoms with Crippen LogP contribution in [0, 0.1) is 0 Å². The Kier molecular flexibility index (Phi) is 7.69. The van der Waals surface area contributed by atoms with Crippen LogP contribution in [0.3, 0.4) is 0 Å². The molecule has 0 aromatic heterocycles. The van der Waals surface area contributed by atoms with Gasteiger partial charge in [0.15, 0.2) is 0 Å². The lowest BCUT2D eigenvalue weighted by Crippen LogP contribution is -2.30. The lowest BCUT2D eigenvalue weighted by atomic mass is 10.1. The molecule has 0 fully saturated rings. The Morgan fingerprint density at radius 1 is 1.21 bits per heavy atom. The lowest BCUT2D eigenvalue weighted by Gasteiger charge is -2.15. The summed E-state index contributed by atoms with van der Waals surface area (Å²) in [6, 6.07) is 13.2. The molecule has 0 amide bonds. The molecule has 0 aliphatic carbocycles. The Morgan fingerprint density at radius 2 is 1.90 bits per heavy atom. The predicted molar refractivity (Wildman–Crippen MR) is 108 cm³/mol. The zero-order valence-electron chi connectivity index (χ0n) is 15.3. The van der Waals surface area contributed by atoms with Gasteiger partial charge in [0.05, 0.1) is 11.4 Å². The van der Waals surface area contributed by atoms with Crippen molar-refractivity contribution < 1.29 is 26.4 Å². The van der Waals surface area contributed by atoms with Crippen LogP contribution in [0.4, 0.5) is 18.9 Å². The second-order valence-corrected chi connectivity index (χ2v) is 7.85. The number of halogens is 4. The van der Waals surface area contributed by atoms with Gasteiger partial charge in [-0.2, -0.15) is 21.6 Å². The molecule has 0 saturated heterocycles. The summed E-state index contributed by atoms with van der Waals surface area (Å²) in [5.41, 5.74) is -4.45. The predicted octanol–water partition coefficient (Wildman–Crippen LogP) is 5.45. The second kappa shape index (κ2) is 9.80. The first-order valence-electron chi connectivity index (χ1n) is 8.43. The molecule has 0 radical (unpaired) electrons. The van der Waals surface area contributed by atoms with E-state index in [1.54, 1.807) is 13.0 Å². The number of hydrogen-bond donors (Lipinski definition) is 1. The summed E-state index contributed by atoms with van der Waals surface area (Å²) in [4.78, 5) is 5.21. The molecule has 0 unspecified atom stereocenters. The van der Waals surface area contributed by atoms with Crippen molar-refractivity contribution in [1.29, 1.82) is 0 Å². The minimum Gasteiger partial charge on any atom is -0.391 e. The van der Waals surface area contributed by atoms with E-state index in [-0.39, 0.29) is 35.0 Å². The van der Waals surface area contributed by atoms with Gasteiger partial charge in [-0.25, -0.2) is 0 Å². The molecule has 0 aliphatic rings. The monoisotopic (exact) mass is 446 g/mol. The molecule has 2 aromatic rings. The molecule has 0 spiro atoms. The summed E-state index contributed by atoms with van der Waals surface area (Å²) >= 11 is 5.92. The van der Waals surface area contributed by atoms with E-state index in [0.29, 0.717) is 0 Å². The third-order valence-electron chi connectivity index (χ3n) is 3.63.